The summed E-state index contributed by atoms with van der Waals surface area (Å²) in [5.74, 6) is 2.72. The van der Waals surface area contributed by atoms with Gasteiger partial charge in [0.05, 0.1) is 0 Å². The van der Waals surface area contributed by atoms with E-state index in [2.05, 4.69) is 105 Å². The van der Waals surface area contributed by atoms with E-state index in [4.69, 9.17) is 23.9 Å². The van der Waals surface area contributed by atoms with Gasteiger partial charge in [0.25, 0.3) is 0 Å². The molecule has 5 rings (SSSR count). The Kier molecular flexibility index (Phi) is 9.25. The molecule has 0 N–H and O–H groups in total. The number of allylic oxidation sites excluding steroid dienone is 4. The minimum atomic E-state index is -1.91. The van der Waals surface area contributed by atoms with Crippen LogP contribution in [-0.4, -0.2) is 8.24 Å². The van der Waals surface area contributed by atoms with Gasteiger partial charge < -0.3 is 17.3 Å². The van der Waals surface area contributed by atoms with E-state index in [-0.39, 0.29) is 7.43 Å². The van der Waals surface area contributed by atoms with Crippen LogP contribution in [0.5, 0.6) is 0 Å². The summed E-state index contributed by atoms with van der Waals surface area (Å²) in [7, 11) is 7.87. The molecular weight excluding hydrogens is 511 g/mol. The first-order chi connectivity index (χ1) is 15.8. The number of fused-ring (bicyclic) bond motifs is 3. The summed E-state index contributed by atoms with van der Waals surface area (Å²) < 4.78 is 2.73. The first kappa shape index (κ1) is 27.6. The monoisotopic (exact) mass is 546 g/mol. The Hall–Kier alpha value is -0.969. The number of anilines is 2. The third kappa shape index (κ3) is 4.97. The topological polar surface area (TPSA) is 17.3 Å². The molecule has 0 radical (unpaired) electrons. The van der Waals surface area contributed by atoms with Crippen LogP contribution >= 0.6 is 18.6 Å². The van der Waals surface area contributed by atoms with Crippen molar-refractivity contribution in [1.82, 2.24) is 0 Å². The van der Waals surface area contributed by atoms with Gasteiger partial charge in [-0.05, 0) is 47.8 Å². The van der Waals surface area contributed by atoms with Gasteiger partial charge in [0, 0.05) is 11.4 Å². The van der Waals surface area contributed by atoms with Gasteiger partial charge in [-0.15, -0.1) is 11.4 Å². The molecule has 182 valence electrons. The standard InChI is InChI=1S/C27H33N2Si.CH3.2ClH.Ti/c1-18(2)20-11-10-12-21-22(20)17-19(3)27(21)30(4,5)29-25-15-8-6-13-23(25)28-24-14-7-9-16-26(24)29;;;;/h6-16,18-19,21-22,27H,17H2,1-5H3;1H3;2*1H;/q2*-1;;;+2/p-2. The number of benzene rings is 2. The maximum absolute atomic E-state index is 4.99. The molecule has 34 heavy (non-hydrogen) atoms. The summed E-state index contributed by atoms with van der Waals surface area (Å²) in [6, 6.07) is 17.4. The first-order valence-electron chi connectivity index (χ1n) is 11.9. The van der Waals surface area contributed by atoms with Gasteiger partial charge in [0.1, 0.15) is 0 Å². The molecular formula is C28H36Cl2N2SiTi-2. The van der Waals surface area contributed by atoms with E-state index in [0.29, 0.717) is 23.3 Å². The van der Waals surface area contributed by atoms with E-state index in [0.717, 1.165) is 17.3 Å². The normalized spacial score (nSPS) is 24.5. The maximum atomic E-state index is 4.99. The molecule has 1 aliphatic heterocycles. The van der Waals surface area contributed by atoms with E-state index < -0.39 is 25.3 Å². The Bertz CT molecular complexity index is 1010. The quantitative estimate of drug-likeness (QED) is 0.276. The fourth-order valence-corrected chi connectivity index (χ4v) is 11.4. The Labute approximate surface area is 224 Å². The van der Waals surface area contributed by atoms with E-state index in [9.17, 15) is 0 Å². The fraction of sp³-hybridized carbons (Fsp3) is 0.393. The van der Waals surface area contributed by atoms with Gasteiger partial charge in [-0.1, -0.05) is 94.1 Å². The van der Waals surface area contributed by atoms with Crippen LogP contribution in [0.3, 0.4) is 0 Å². The first-order valence-corrected chi connectivity index (χ1v) is 19.2. The van der Waals surface area contributed by atoms with Gasteiger partial charge in [-0.3, -0.25) is 0 Å². The Morgan fingerprint density at radius 3 is 2.06 bits per heavy atom. The van der Waals surface area contributed by atoms with E-state index >= 15 is 0 Å². The molecule has 4 unspecified atom stereocenters. The molecule has 0 amide bonds. The molecule has 2 aromatic rings. The summed E-state index contributed by atoms with van der Waals surface area (Å²) in [6.07, 6.45) is 8.60. The number of hydrogen-bond acceptors (Lipinski definition) is 1. The van der Waals surface area contributed by atoms with Crippen molar-refractivity contribution in [3.8, 4) is 0 Å². The Morgan fingerprint density at radius 1 is 1.00 bits per heavy atom. The summed E-state index contributed by atoms with van der Waals surface area (Å²) in [6.45, 7) is 12.4. The molecule has 2 aromatic carbocycles. The second-order valence-electron chi connectivity index (χ2n) is 10.3. The molecule has 0 spiro atoms. The zero-order valence-electron chi connectivity index (χ0n) is 21.1. The zero-order valence-corrected chi connectivity index (χ0v) is 25.2. The molecule has 0 aromatic heterocycles. The van der Waals surface area contributed by atoms with Crippen LogP contribution < -0.4 is 4.57 Å². The van der Waals surface area contributed by atoms with Crippen molar-refractivity contribution >= 4 is 49.6 Å². The minimum absolute atomic E-state index is 0. The number of nitrogens with zero attached hydrogens (tertiary/aromatic N) is 2. The van der Waals surface area contributed by atoms with Crippen LogP contribution in [0.25, 0.3) is 5.32 Å². The van der Waals surface area contributed by atoms with Gasteiger partial charge in [0.15, 0.2) is 8.24 Å². The fourth-order valence-electron chi connectivity index (χ4n) is 6.68. The molecule has 2 nitrogen and oxygen atoms in total. The summed E-state index contributed by atoms with van der Waals surface area (Å²) in [5, 5.41) is 4.99. The summed E-state index contributed by atoms with van der Waals surface area (Å²) in [4.78, 5) is 0. The number of halogens is 2. The molecule has 2 aliphatic carbocycles. The van der Waals surface area contributed by atoms with Crippen LogP contribution in [0.1, 0.15) is 27.2 Å². The predicted octanol–water partition coefficient (Wildman–Crippen LogP) is 10.3. The van der Waals surface area contributed by atoms with Crippen molar-refractivity contribution in [2.75, 3.05) is 4.57 Å². The van der Waals surface area contributed by atoms with Crippen LogP contribution in [0, 0.1) is 31.1 Å². The average molecular weight is 547 g/mol. The summed E-state index contributed by atoms with van der Waals surface area (Å²) in [5.41, 5.74) is 7.18. The third-order valence-electron chi connectivity index (χ3n) is 7.71. The average Bonchev–Trinajstić information content (AvgIpc) is 3.14. The molecule has 1 heterocycles. The molecule has 6 heteroatoms. The number of hydrogen-bond donors (Lipinski definition) is 0. The Balaban J connectivity index is 0.000000771. The van der Waals surface area contributed by atoms with Crippen molar-refractivity contribution in [1.29, 1.82) is 0 Å². The van der Waals surface area contributed by atoms with E-state index in [1.165, 1.54) is 17.8 Å². The molecule has 0 saturated heterocycles. The molecule has 4 atom stereocenters. The third-order valence-corrected chi connectivity index (χ3v) is 11.9. The molecule has 3 aliphatic rings. The second kappa shape index (κ2) is 11.4. The second-order valence-corrected chi connectivity index (χ2v) is 17.3. The Morgan fingerprint density at radius 2 is 1.53 bits per heavy atom. The molecule has 1 fully saturated rings. The van der Waals surface area contributed by atoms with Gasteiger partial charge >= 0.3 is 35.6 Å². The number of rotatable bonds is 3. The van der Waals surface area contributed by atoms with E-state index in [1.807, 2.05) is 0 Å². The number of para-hydroxylation sites is 4. The van der Waals surface area contributed by atoms with Crippen molar-refractivity contribution in [2.24, 2.45) is 23.7 Å². The summed E-state index contributed by atoms with van der Waals surface area (Å²) >= 11 is -0.556. The van der Waals surface area contributed by atoms with Gasteiger partial charge in [-0.25, -0.2) is 0 Å². The van der Waals surface area contributed by atoms with Crippen LogP contribution in [0.15, 0.2) is 72.3 Å². The van der Waals surface area contributed by atoms with Crippen LogP contribution in [0.4, 0.5) is 22.7 Å². The molecule has 1 saturated carbocycles. The van der Waals surface area contributed by atoms with Crippen LogP contribution in [-0.2, 0) is 17.0 Å². The van der Waals surface area contributed by atoms with Crippen molar-refractivity contribution in [3.05, 3.63) is 85.1 Å². The molecule has 0 bridgehead atoms. The van der Waals surface area contributed by atoms with Crippen molar-refractivity contribution < 1.29 is 17.0 Å². The predicted molar refractivity (Wildman–Crippen MR) is 150 cm³/mol. The SMILES string of the molecule is CC(C)C1=CC=CC2C1CC(C)C2[Si](C)(C)N1c2ccccc2[N-]c2ccccc21.[CH3-].[Cl][Ti][Cl]. The van der Waals surface area contributed by atoms with Gasteiger partial charge in [-0.2, -0.15) is 0 Å². The van der Waals surface area contributed by atoms with Crippen molar-refractivity contribution in [2.45, 2.75) is 45.8 Å². The van der Waals surface area contributed by atoms with E-state index in [1.54, 1.807) is 5.57 Å². The van der Waals surface area contributed by atoms with Crippen molar-refractivity contribution in [3.63, 3.8) is 0 Å². The zero-order chi connectivity index (χ0) is 23.8. The van der Waals surface area contributed by atoms with Gasteiger partial charge in [0.2, 0.25) is 0 Å². The van der Waals surface area contributed by atoms with Crippen LogP contribution in [0.2, 0.25) is 18.6 Å².